The lowest BCUT2D eigenvalue weighted by atomic mass is 10.1. The zero-order valence-corrected chi connectivity index (χ0v) is 15.1. The Kier molecular flexibility index (Phi) is 4.49. The Morgan fingerprint density at radius 1 is 0.929 bits per heavy atom. The van der Waals surface area contributed by atoms with Crippen LogP contribution in [0.25, 0.3) is 17.4 Å². The molecule has 0 radical (unpaired) electrons. The summed E-state index contributed by atoms with van der Waals surface area (Å²) in [6.07, 6.45) is 1.47. The molecule has 1 aliphatic rings. The number of Topliss-reactive ketones (excluding diaryl/α,β-unsaturated/α-hetero) is 2. The first-order chi connectivity index (χ1) is 13.6. The molecule has 1 aliphatic carbocycles. The summed E-state index contributed by atoms with van der Waals surface area (Å²) in [5, 5.41) is 0. The number of hydrogen-bond donors (Lipinski definition) is 0. The van der Waals surface area contributed by atoms with E-state index in [1.807, 2.05) is 0 Å². The van der Waals surface area contributed by atoms with Crippen LogP contribution in [0.3, 0.4) is 0 Å². The summed E-state index contributed by atoms with van der Waals surface area (Å²) in [6.45, 7) is 2.07. The molecule has 1 aromatic heterocycles. The highest BCUT2D eigenvalue weighted by Crippen LogP contribution is 2.29. The van der Waals surface area contributed by atoms with Gasteiger partial charge in [0.05, 0.1) is 17.7 Å². The summed E-state index contributed by atoms with van der Waals surface area (Å²) in [5.41, 5.74) is 2.16. The normalized spacial score (nSPS) is 12.8. The Balaban J connectivity index is 1.59. The van der Waals surface area contributed by atoms with Crippen molar-refractivity contribution in [3.05, 3.63) is 88.7 Å². The molecule has 138 valence electrons. The summed E-state index contributed by atoms with van der Waals surface area (Å²) in [7, 11) is 0. The van der Waals surface area contributed by atoms with Crippen molar-refractivity contribution < 1.29 is 23.5 Å². The SMILES string of the molecule is CCOC(=O)c1ccc(-c2ccc(C=C3C(=O)c4ccccc4C3=O)o2)cc1. The Hall–Kier alpha value is -3.73. The van der Waals surface area contributed by atoms with Gasteiger partial charge in [0, 0.05) is 16.7 Å². The third-order valence-corrected chi connectivity index (χ3v) is 4.50. The van der Waals surface area contributed by atoms with E-state index in [9.17, 15) is 14.4 Å². The van der Waals surface area contributed by atoms with Crippen molar-refractivity contribution in [1.82, 2.24) is 0 Å². The zero-order valence-electron chi connectivity index (χ0n) is 15.1. The smallest absolute Gasteiger partial charge is 0.338 e. The van der Waals surface area contributed by atoms with Crippen LogP contribution in [0.5, 0.6) is 0 Å². The number of hydrogen-bond acceptors (Lipinski definition) is 5. The van der Waals surface area contributed by atoms with Gasteiger partial charge in [-0.05, 0) is 37.3 Å². The molecule has 28 heavy (non-hydrogen) atoms. The number of carbonyl (C=O) groups excluding carboxylic acids is 3. The third kappa shape index (κ3) is 3.07. The first-order valence-corrected chi connectivity index (χ1v) is 8.86. The summed E-state index contributed by atoms with van der Waals surface area (Å²) >= 11 is 0. The molecule has 4 rings (SSSR count). The molecule has 0 unspecified atom stereocenters. The molecule has 3 aromatic rings. The van der Waals surface area contributed by atoms with Crippen molar-refractivity contribution in [3.63, 3.8) is 0 Å². The number of carbonyl (C=O) groups is 3. The standard InChI is InChI=1S/C23H16O5/c1-2-27-23(26)15-9-7-14(8-10-15)20-12-11-16(28-20)13-19-21(24)17-5-3-4-6-18(17)22(19)25/h3-13H,2H2,1H3. The maximum absolute atomic E-state index is 12.5. The number of ketones is 2. The highest BCUT2D eigenvalue weighted by atomic mass is 16.5. The summed E-state index contributed by atoms with van der Waals surface area (Å²) in [5.74, 6) is 0.0121. The van der Waals surface area contributed by atoms with Gasteiger partial charge in [-0.1, -0.05) is 36.4 Å². The average Bonchev–Trinajstić information content (AvgIpc) is 3.28. The number of ether oxygens (including phenoxy) is 1. The van der Waals surface area contributed by atoms with Crippen LogP contribution in [-0.4, -0.2) is 24.1 Å². The van der Waals surface area contributed by atoms with Crippen molar-refractivity contribution in [1.29, 1.82) is 0 Å². The minimum Gasteiger partial charge on any atom is -0.462 e. The second kappa shape index (κ2) is 7.12. The first-order valence-electron chi connectivity index (χ1n) is 8.86. The van der Waals surface area contributed by atoms with Gasteiger partial charge in [0.25, 0.3) is 0 Å². The molecule has 0 fully saturated rings. The average molecular weight is 372 g/mol. The minimum atomic E-state index is -0.378. The lowest BCUT2D eigenvalue weighted by Crippen LogP contribution is -2.03. The lowest BCUT2D eigenvalue weighted by molar-refractivity contribution is 0.0526. The highest BCUT2D eigenvalue weighted by Gasteiger charge is 2.32. The van der Waals surface area contributed by atoms with E-state index < -0.39 is 0 Å². The van der Waals surface area contributed by atoms with Gasteiger partial charge in [-0.3, -0.25) is 9.59 Å². The predicted molar refractivity (Wildman–Crippen MR) is 103 cm³/mol. The number of fused-ring (bicyclic) bond motifs is 1. The maximum atomic E-state index is 12.5. The number of benzene rings is 2. The Bertz CT molecular complexity index is 1080. The molecule has 5 heteroatoms. The van der Waals surface area contributed by atoms with Crippen LogP contribution in [0, 0.1) is 0 Å². The van der Waals surface area contributed by atoms with Crippen molar-refractivity contribution >= 4 is 23.6 Å². The predicted octanol–water partition coefficient (Wildman–Crippen LogP) is 4.59. The maximum Gasteiger partial charge on any atom is 0.338 e. The number of rotatable bonds is 4. The van der Waals surface area contributed by atoms with E-state index >= 15 is 0 Å². The molecule has 0 saturated heterocycles. The largest absolute Gasteiger partial charge is 0.462 e. The number of furan rings is 1. The van der Waals surface area contributed by atoms with Crippen molar-refractivity contribution in [2.75, 3.05) is 6.61 Å². The van der Waals surface area contributed by atoms with E-state index in [2.05, 4.69) is 0 Å². The molecule has 0 N–H and O–H groups in total. The Morgan fingerprint density at radius 2 is 1.57 bits per heavy atom. The topological polar surface area (TPSA) is 73.6 Å². The van der Waals surface area contributed by atoms with Gasteiger partial charge in [-0.25, -0.2) is 4.79 Å². The Morgan fingerprint density at radius 3 is 2.18 bits per heavy atom. The van der Waals surface area contributed by atoms with Crippen LogP contribution in [-0.2, 0) is 4.74 Å². The molecule has 0 atom stereocenters. The monoisotopic (exact) mass is 372 g/mol. The summed E-state index contributed by atoms with van der Waals surface area (Å²) in [4.78, 5) is 36.7. The first kappa shape index (κ1) is 17.7. The molecule has 5 nitrogen and oxygen atoms in total. The third-order valence-electron chi connectivity index (χ3n) is 4.50. The van der Waals surface area contributed by atoms with Gasteiger partial charge in [0.2, 0.25) is 0 Å². The fourth-order valence-electron chi connectivity index (χ4n) is 3.12. The van der Waals surface area contributed by atoms with E-state index in [0.29, 0.717) is 34.8 Å². The molecular formula is C23H16O5. The molecule has 1 heterocycles. The quantitative estimate of drug-likeness (QED) is 0.381. The fourth-order valence-corrected chi connectivity index (χ4v) is 3.12. The summed E-state index contributed by atoms with van der Waals surface area (Å²) < 4.78 is 10.7. The van der Waals surface area contributed by atoms with Crippen molar-refractivity contribution in [3.8, 4) is 11.3 Å². The van der Waals surface area contributed by atoms with Gasteiger partial charge in [0.1, 0.15) is 11.5 Å². The number of esters is 1. The molecule has 0 aliphatic heterocycles. The molecule has 0 amide bonds. The fraction of sp³-hybridized carbons (Fsp3) is 0.0870. The van der Waals surface area contributed by atoms with E-state index in [-0.39, 0.29) is 23.1 Å². The zero-order chi connectivity index (χ0) is 19.7. The van der Waals surface area contributed by atoms with Gasteiger partial charge in [0.15, 0.2) is 11.6 Å². The van der Waals surface area contributed by atoms with Crippen LogP contribution in [0.15, 0.2) is 70.7 Å². The van der Waals surface area contributed by atoms with E-state index in [4.69, 9.17) is 9.15 Å². The second-order valence-corrected chi connectivity index (χ2v) is 6.26. The van der Waals surface area contributed by atoms with E-state index in [1.165, 1.54) is 6.08 Å². The van der Waals surface area contributed by atoms with Crippen LogP contribution < -0.4 is 0 Å². The summed E-state index contributed by atoms with van der Waals surface area (Å²) in [6, 6.07) is 17.0. The van der Waals surface area contributed by atoms with Gasteiger partial charge < -0.3 is 9.15 Å². The molecular weight excluding hydrogens is 356 g/mol. The van der Waals surface area contributed by atoms with Crippen LogP contribution in [0.2, 0.25) is 0 Å². The molecule has 0 bridgehead atoms. The van der Waals surface area contributed by atoms with Gasteiger partial charge >= 0.3 is 5.97 Å². The van der Waals surface area contributed by atoms with Crippen molar-refractivity contribution in [2.24, 2.45) is 0 Å². The van der Waals surface area contributed by atoms with E-state index in [0.717, 1.165) is 5.56 Å². The Labute approximate surface area is 161 Å². The molecule has 0 saturated carbocycles. The van der Waals surface area contributed by atoms with E-state index in [1.54, 1.807) is 67.6 Å². The number of allylic oxidation sites excluding steroid dienone is 1. The van der Waals surface area contributed by atoms with Gasteiger partial charge in [-0.2, -0.15) is 0 Å². The molecule has 0 spiro atoms. The minimum absolute atomic E-state index is 0.0970. The van der Waals surface area contributed by atoms with Crippen LogP contribution in [0.4, 0.5) is 0 Å². The lowest BCUT2D eigenvalue weighted by Gasteiger charge is -2.02. The molecule has 2 aromatic carbocycles. The second-order valence-electron chi connectivity index (χ2n) is 6.26. The van der Waals surface area contributed by atoms with Crippen LogP contribution >= 0.6 is 0 Å². The highest BCUT2D eigenvalue weighted by molar-refractivity contribution is 6.41. The van der Waals surface area contributed by atoms with Crippen molar-refractivity contribution in [2.45, 2.75) is 6.92 Å². The van der Waals surface area contributed by atoms with Crippen LogP contribution in [0.1, 0.15) is 43.8 Å². The van der Waals surface area contributed by atoms with Gasteiger partial charge in [-0.15, -0.1) is 0 Å².